The molecule has 0 aliphatic rings. The SMILES string of the molecule is [C-]#[N+]c1nc(Br)[nH]c1[N+]#[C-]. The summed E-state index contributed by atoms with van der Waals surface area (Å²) in [7, 11) is 0. The molecule has 0 saturated heterocycles. The van der Waals surface area contributed by atoms with Crippen molar-refractivity contribution in [3.63, 3.8) is 0 Å². The van der Waals surface area contributed by atoms with Gasteiger partial charge in [-0.3, -0.25) is 4.98 Å². The Morgan fingerprint density at radius 1 is 1.40 bits per heavy atom. The van der Waals surface area contributed by atoms with Gasteiger partial charge in [-0.05, 0) is 0 Å². The molecule has 1 rings (SSSR count). The Morgan fingerprint density at radius 3 is 2.50 bits per heavy atom. The van der Waals surface area contributed by atoms with Crippen LogP contribution in [0.2, 0.25) is 0 Å². The molecule has 0 saturated carbocycles. The van der Waals surface area contributed by atoms with Crippen molar-refractivity contribution < 1.29 is 0 Å². The second-order valence-electron chi connectivity index (χ2n) is 1.42. The number of H-pyrrole nitrogens is 1. The van der Waals surface area contributed by atoms with Crippen LogP contribution in [0.25, 0.3) is 9.69 Å². The Morgan fingerprint density at radius 2 is 2.10 bits per heavy atom. The topological polar surface area (TPSA) is 37.4 Å². The number of imidazole rings is 1. The van der Waals surface area contributed by atoms with Gasteiger partial charge in [0, 0.05) is 0 Å². The van der Waals surface area contributed by atoms with E-state index < -0.39 is 0 Å². The van der Waals surface area contributed by atoms with E-state index in [2.05, 4.69) is 35.6 Å². The van der Waals surface area contributed by atoms with Gasteiger partial charge in [0.1, 0.15) is 0 Å². The van der Waals surface area contributed by atoms with Gasteiger partial charge in [-0.25, -0.2) is 0 Å². The van der Waals surface area contributed by atoms with Gasteiger partial charge in [0.25, 0.3) is 11.6 Å². The number of aromatic nitrogens is 2. The maximum Gasteiger partial charge on any atom is 0.336 e. The first-order chi connectivity index (χ1) is 4.77. The van der Waals surface area contributed by atoms with E-state index in [0.717, 1.165) is 0 Å². The minimum absolute atomic E-state index is 0.113. The Hall–Kier alpha value is -1.33. The number of halogens is 1. The lowest BCUT2D eigenvalue weighted by atomic mass is 10.7. The highest BCUT2D eigenvalue weighted by Gasteiger charge is 2.09. The fourth-order valence-electron chi connectivity index (χ4n) is 0.483. The fourth-order valence-corrected chi connectivity index (χ4v) is 0.839. The van der Waals surface area contributed by atoms with Gasteiger partial charge in [-0.1, -0.05) is 18.1 Å². The average molecular weight is 197 g/mol. The van der Waals surface area contributed by atoms with Crippen LogP contribution in [0, 0.1) is 13.1 Å². The van der Waals surface area contributed by atoms with Crippen molar-refractivity contribution in [1.82, 2.24) is 9.97 Å². The van der Waals surface area contributed by atoms with Gasteiger partial charge < -0.3 is 9.69 Å². The summed E-state index contributed by atoms with van der Waals surface area (Å²) in [6, 6.07) is 0. The molecule has 1 aromatic heterocycles. The van der Waals surface area contributed by atoms with Crippen molar-refractivity contribution in [1.29, 1.82) is 0 Å². The van der Waals surface area contributed by atoms with Gasteiger partial charge in [-0.2, -0.15) is 0 Å². The summed E-state index contributed by atoms with van der Waals surface area (Å²) in [5.74, 6) is 0.295. The summed E-state index contributed by atoms with van der Waals surface area (Å²) in [5, 5.41) is 0. The first kappa shape index (κ1) is 6.79. The molecule has 48 valence electrons. The summed E-state index contributed by atoms with van der Waals surface area (Å²) < 4.78 is 0.421. The Labute approximate surface area is 65.7 Å². The molecule has 1 N–H and O–H groups in total. The molecule has 0 amide bonds. The zero-order valence-electron chi connectivity index (χ0n) is 4.72. The zero-order chi connectivity index (χ0) is 7.56. The van der Waals surface area contributed by atoms with Crippen molar-refractivity contribution >= 4 is 27.6 Å². The van der Waals surface area contributed by atoms with E-state index in [9.17, 15) is 0 Å². The molecule has 0 aromatic carbocycles. The van der Waals surface area contributed by atoms with Gasteiger partial charge in [0.15, 0.2) is 0 Å². The van der Waals surface area contributed by atoms with E-state index >= 15 is 0 Å². The number of rotatable bonds is 0. The van der Waals surface area contributed by atoms with E-state index in [4.69, 9.17) is 13.1 Å². The predicted molar refractivity (Wildman–Crippen MR) is 38.8 cm³/mol. The molecule has 10 heavy (non-hydrogen) atoms. The molecule has 0 aliphatic carbocycles. The van der Waals surface area contributed by atoms with E-state index in [0.29, 0.717) is 4.73 Å². The van der Waals surface area contributed by atoms with Crippen LogP contribution in [0.15, 0.2) is 4.73 Å². The van der Waals surface area contributed by atoms with Crippen LogP contribution >= 0.6 is 15.9 Å². The van der Waals surface area contributed by atoms with Crippen LogP contribution < -0.4 is 0 Å². The van der Waals surface area contributed by atoms with Crippen molar-refractivity contribution in [2.75, 3.05) is 0 Å². The quantitative estimate of drug-likeness (QED) is 0.636. The largest absolute Gasteiger partial charge is 0.373 e. The molecule has 5 heteroatoms. The molecular formula is C5HBrN4. The standard InChI is InChI=1S/C5HBrN4/c1-7-3-4(8-2)10-5(6)9-3/h(H,9,10). The second-order valence-corrected chi connectivity index (χ2v) is 2.17. The summed E-state index contributed by atoms with van der Waals surface area (Å²) in [4.78, 5) is 12.4. The minimum atomic E-state index is 0.113. The van der Waals surface area contributed by atoms with E-state index in [1.807, 2.05) is 0 Å². The Balaban J connectivity index is 3.28. The highest BCUT2D eigenvalue weighted by atomic mass is 79.9. The van der Waals surface area contributed by atoms with E-state index in [1.54, 1.807) is 0 Å². The van der Waals surface area contributed by atoms with Crippen LogP contribution in [0.3, 0.4) is 0 Å². The molecule has 4 nitrogen and oxygen atoms in total. The highest BCUT2D eigenvalue weighted by molar-refractivity contribution is 9.10. The third-order valence-electron chi connectivity index (χ3n) is 0.855. The second kappa shape index (κ2) is 2.51. The smallest absolute Gasteiger partial charge is 0.336 e. The Bertz CT molecular complexity index is 295. The lowest BCUT2D eigenvalue weighted by Crippen LogP contribution is -1.59. The maximum absolute atomic E-state index is 6.59. The number of nitrogens with zero attached hydrogens (tertiary/aromatic N) is 3. The van der Waals surface area contributed by atoms with E-state index in [1.165, 1.54) is 0 Å². The average Bonchev–Trinajstić information content (AvgIpc) is 2.30. The number of hydrogen-bond acceptors (Lipinski definition) is 1. The van der Waals surface area contributed by atoms with Crippen LogP contribution in [-0.2, 0) is 0 Å². The summed E-state index contributed by atoms with van der Waals surface area (Å²) in [6.45, 7) is 13.2. The summed E-state index contributed by atoms with van der Waals surface area (Å²) >= 11 is 3.01. The Kier molecular flexibility index (Phi) is 1.70. The molecule has 0 aliphatic heterocycles. The molecule has 1 aromatic rings. The number of hydrogen-bond donors (Lipinski definition) is 1. The highest BCUT2D eigenvalue weighted by Crippen LogP contribution is 2.26. The molecular weight excluding hydrogens is 196 g/mol. The van der Waals surface area contributed by atoms with Crippen LogP contribution in [0.5, 0.6) is 0 Å². The van der Waals surface area contributed by atoms with Gasteiger partial charge in [0.2, 0.25) is 0 Å². The van der Waals surface area contributed by atoms with Gasteiger partial charge >= 0.3 is 4.73 Å². The van der Waals surface area contributed by atoms with Gasteiger partial charge in [-0.15, -0.1) is 0 Å². The fraction of sp³-hybridized carbons (Fsp3) is 0. The third-order valence-corrected chi connectivity index (χ3v) is 1.23. The molecule has 0 radical (unpaired) electrons. The van der Waals surface area contributed by atoms with Crippen LogP contribution in [0.4, 0.5) is 11.6 Å². The summed E-state index contributed by atoms with van der Waals surface area (Å²) in [6.07, 6.45) is 0. The molecule has 0 unspecified atom stereocenters. The molecule has 0 fully saturated rings. The van der Waals surface area contributed by atoms with Crippen molar-refractivity contribution in [2.45, 2.75) is 0 Å². The summed E-state index contributed by atoms with van der Waals surface area (Å²) in [5.41, 5.74) is 0. The first-order valence-electron chi connectivity index (χ1n) is 2.28. The van der Waals surface area contributed by atoms with Crippen LogP contribution in [0.1, 0.15) is 0 Å². The van der Waals surface area contributed by atoms with Crippen molar-refractivity contribution in [2.24, 2.45) is 0 Å². The number of nitrogens with one attached hydrogen (secondary N) is 1. The molecule has 1 heterocycles. The minimum Gasteiger partial charge on any atom is -0.373 e. The lowest BCUT2D eigenvalue weighted by Gasteiger charge is -1.78. The zero-order valence-corrected chi connectivity index (χ0v) is 6.31. The first-order valence-corrected chi connectivity index (χ1v) is 3.07. The molecule has 0 spiro atoms. The monoisotopic (exact) mass is 196 g/mol. The number of aromatic amines is 1. The van der Waals surface area contributed by atoms with Gasteiger partial charge in [0.05, 0.1) is 15.9 Å². The van der Waals surface area contributed by atoms with Crippen molar-refractivity contribution in [3.8, 4) is 0 Å². The van der Waals surface area contributed by atoms with Crippen molar-refractivity contribution in [3.05, 3.63) is 27.6 Å². The van der Waals surface area contributed by atoms with E-state index in [-0.39, 0.29) is 11.6 Å². The normalized spacial score (nSPS) is 8.30. The maximum atomic E-state index is 6.59. The lowest BCUT2D eigenvalue weighted by molar-refractivity contribution is 1.25. The molecule has 0 atom stereocenters. The molecule has 0 bridgehead atoms. The predicted octanol–water partition coefficient (Wildman–Crippen LogP) is 2.27. The van der Waals surface area contributed by atoms with Crippen LogP contribution in [-0.4, -0.2) is 9.97 Å². The third kappa shape index (κ3) is 0.996.